The zero-order valence-corrected chi connectivity index (χ0v) is 28.9. The first-order valence-corrected chi connectivity index (χ1v) is 17.5. The maximum atomic E-state index is 12.6. The molecule has 4 aromatic rings. The van der Waals surface area contributed by atoms with Crippen molar-refractivity contribution in [2.24, 2.45) is 0 Å². The number of carbonyl (C=O) groups is 1. The lowest BCUT2D eigenvalue weighted by atomic mass is 10.0. The summed E-state index contributed by atoms with van der Waals surface area (Å²) in [5.41, 5.74) is 3.26. The molecule has 48 heavy (non-hydrogen) atoms. The van der Waals surface area contributed by atoms with Crippen LogP contribution in [0.1, 0.15) is 29.9 Å². The van der Waals surface area contributed by atoms with E-state index in [-0.39, 0.29) is 24.5 Å². The molecule has 1 amide bonds. The van der Waals surface area contributed by atoms with Crippen LogP contribution in [0.3, 0.4) is 0 Å². The fraction of sp³-hybridized carbons (Fsp3) is 0.441. The number of piperazine rings is 1. The Balaban J connectivity index is 1.17. The Morgan fingerprint density at radius 1 is 1.12 bits per heavy atom. The number of carbonyl (C=O) groups excluding carboxylic acids is 1. The maximum Gasteiger partial charge on any atom is 0.318 e. The monoisotopic (exact) mass is 763 g/mol. The number of aromatic amines is 1. The number of fused-ring (bicyclic) bond motifs is 2. The summed E-state index contributed by atoms with van der Waals surface area (Å²) < 4.78 is 7.67. The van der Waals surface area contributed by atoms with Crippen LogP contribution in [0.5, 0.6) is 6.01 Å². The van der Waals surface area contributed by atoms with Crippen molar-refractivity contribution < 1.29 is 9.53 Å². The van der Waals surface area contributed by atoms with Gasteiger partial charge in [-0.3, -0.25) is 9.69 Å². The number of amides is 1. The van der Waals surface area contributed by atoms with Gasteiger partial charge in [-0.05, 0) is 72.0 Å². The first-order chi connectivity index (χ1) is 23.5. The number of nitrogens with one attached hydrogen (secondary N) is 1. The highest BCUT2D eigenvalue weighted by molar-refractivity contribution is 14.1. The maximum absolute atomic E-state index is 12.6. The fourth-order valence-corrected chi connectivity index (χ4v) is 8.05. The zero-order valence-electron chi connectivity index (χ0n) is 26.8. The Bertz CT molecular complexity index is 1820. The van der Waals surface area contributed by atoms with Crippen LogP contribution in [0, 0.1) is 10.1 Å². The predicted molar refractivity (Wildman–Crippen MR) is 191 cm³/mol. The summed E-state index contributed by atoms with van der Waals surface area (Å²) in [7, 11) is 0. The largest absolute Gasteiger partial charge is 0.462 e. The highest BCUT2D eigenvalue weighted by Gasteiger charge is 2.35. The standard InChI is InChI=1S/C34H38IN11O2/c1-3-31(47)46-18-17-45(20-25(46)19-36-2)33-26-12-15-44(29-11-5-8-23-7-4-10-27(35)32(23)29)21-28(26)37-34(38-33)48-22-24-9-6-14-43(24)16-13-30-39-41-42-40-30/h3-5,7-8,10-11,24-25H,1,6,9,12-22H2,(H,39,40,41,42)/t24-,25-/m0/s1/i35+4. The molecular formula is C34H38IN11O2. The van der Waals surface area contributed by atoms with E-state index in [0.29, 0.717) is 44.6 Å². The van der Waals surface area contributed by atoms with Gasteiger partial charge in [0, 0.05) is 65.4 Å². The zero-order chi connectivity index (χ0) is 33.0. The van der Waals surface area contributed by atoms with E-state index in [2.05, 4.69) is 106 Å². The summed E-state index contributed by atoms with van der Waals surface area (Å²) >= 11 is 2.43. The molecule has 0 spiro atoms. The Labute approximate surface area is 293 Å². The predicted octanol–water partition coefficient (Wildman–Crippen LogP) is 3.52. The number of aromatic nitrogens is 6. The molecule has 2 aromatic carbocycles. The minimum atomic E-state index is -0.249. The second kappa shape index (κ2) is 14.4. The highest BCUT2D eigenvalue weighted by Crippen LogP contribution is 2.36. The van der Waals surface area contributed by atoms with Gasteiger partial charge in [-0.2, -0.15) is 15.2 Å². The molecule has 2 aromatic heterocycles. The molecule has 13 nitrogen and oxygen atoms in total. The van der Waals surface area contributed by atoms with Crippen molar-refractivity contribution >= 4 is 50.8 Å². The second-order valence-corrected chi connectivity index (χ2v) is 13.6. The quantitative estimate of drug-likeness (QED) is 0.146. The molecule has 0 bridgehead atoms. The van der Waals surface area contributed by atoms with Gasteiger partial charge in [0.2, 0.25) is 12.5 Å². The van der Waals surface area contributed by atoms with E-state index < -0.39 is 0 Å². The lowest BCUT2D eigenvalue weighted by molar-refractivity contribution is -0.128. The minimum Gasteiger partial charge on any atom is -0.462 e. The van der Waals surface area contributed by atoms with Gasteiger partial charge < -0.3 is 24.3 Å². The van der Waals surface area contributed by atoms with Crippen molar-refractivity contribution in [1.29, 1.82) is 0 Å². The smallest absolute Gasteiger partial charge is 0.318 e. The average molecular weight is 764 g/mol. The topological polar surface area (TPSA) is 124 Å². The van der Waals surface area contributed by atoms with E-state index in [9.17, 15) is 4.79 Å². The molecule has 248 valence electrons. The third-order valence-electron chi connectivity index (χ3n) is 9.65. The average Bonchev–Trinajstić information content (AvgIpc) is 3.81. The van der Waals surface area contributed by atoms with Gasteiger partial charge in [0.25, 0.3) is 0 Å². The van der Waals surface area contributed by atoms with Crippen molar-refractivity contribution in [2.45, 2.75) is 44.3 Å². The summed E-state index contributed by atoms with van der Waals surface area (Å²) in [6.07, 6.45) is 4.97. The van der Waals surface area contributed by atoms with E-state index in [0.717, 1.165) is 62.4 Å². The van der Waals surface area contributed by atoms with Crippen LogP contribution in [-0.2, 0) is 24.2 Å². The van der Waals surface area contributed by atoms with Gasteiger partial charge in [0.15, 0.2) is 5.82 Å². The molecule has 0 saturated carbocycles. The van der Waals surface area contributed by atoms with Crippen molar-refractivity contribution in [2.75, 3.05) is 62.2 Å². The number of anilines is 2. The number of H-pyrrole nitrogens is 1. The molecule has 5 heterocycles. The third kappa shape index (κ3) is 6.66. The van der Waals surface area contributed by atoms with Gasteiger partial charge in [-0.1, -0.05) is 36.1 Å². The lowest BCUT2D eigenvalue weighted by Gasteiger charge is -2.41. The van der Waals surface area contributed by atoms with Gasteiger partial charge in [-0.15, -0.1) is 10.2 Å². The normalized spacial score (nSPS) is 19.7. The van der Waals surface area contributed by atoms with Crippen LogP contribution in [-0.4, -0.2) is 111 Å². The molecule has 0 aliphatic carbocycles. The Morgan fingerprint density at radius 2 is 2.00 bits per heavy atom. The SMILES string of the molecule is [C-]#[N+]C[C@H]1CN(c2nc(OC[C@@H]3CCCN3CCc3nn[nH]n3)nc3c2CCN(c2cccc4cccc([131I])c24)C3)CCN1C(=O)C=C. The molecule has 3 aliphatic heterocycles. The number of tetrazole rings is 1. The number of rotatable bonds is 10. The van der Waals surface area contributed by atoms with Crippen LogP contribution in [0.15, 0.2) is 49.1 Å². The number of benzene rings is 2. The number of hydrogen-bond donors (Lipinski definition) is 1. The molecule has 14 heteroatoms. The summed E-state index contributed by atoms with van der Waals surface area (Å²) in [6, 6.07) is 13.3. The van der Waals surface area contributed by atoms with E-state index in [1.807, 2.05) is 0 Å². The van der Waals surface area contributed by atoms with E-state index in [4.69, 9.17) is 21.3 Å². The molecule has 2 fully saturated rings. The van der Waals surface area contributed by atoms with E-state index >= 15 is 0 Å². The van der Waals surface area contributed by atoms with Gasteiger partial charge in [0.05, 0.1) is 12.2 Å². The first-order valence-electron chi connectivity index (χ1n) is 16.4. The van der Waals surface area contributed by atoms with Crippen LogP contribution < -0.4 is 14.5 Å². The number of halogens is 1. The van der Waals surface area contributed by atoms with Crippen molar-refractivity contribution in [3.8, 4) is 6.01 Å². The summed E-state index contributed by atoms with van der Waals surface area (Å²) in [4.78, 5) is 35.2. The Morgan fingerprint density at radius 3 is 2.81 bits per heavy atom. The molecule has 2 atom stereocenters. The van der Waals surface area contributed by atoms with Crippen molar-refractivity contribution in [3.63, 3.8) is 0 Å². The minimum absolute atomic E-state index is 0.141. The van der Waals surface area contributed by atoms with Crippen molar-refractivity contribution in [3.05, 3.63) is 81.1 Å². The van der Waals surface area contributed by atoms with Crippen LogP contribution in [0.4, 0.5) is 11.5 Å². The molecular weight excluding hydrogens is 725 g/mol. The second-order valence-electron chi connectivity index (χ2n) is 12.4. The summed E-state index contributed by atoms with van der Waals surface area (Å²) in [6.45, 7) is 16.8. The number of likely N-dealkylation sites (tertiary alicyclic amines) is 1. The molecule has 2 saturated heterocycles. The molecule has 3 aliphatic rings. The van der Waals surface area contributed by atoms with Gasteiger partial charge in [0.1, 0.15) is 18.5 Å². The Kier molecular flexibility index (Phi) is 9.66. The lowest BCUT2D eigenvalue weighted by Crippen LogP contribution is -2.56. The number of ether oxygens (including phenoxy) is 1. The first kappa shape index (κ1) is 32.2. The van der Waals surface area contributed by atoms with Crippen molar-refractivity contribution in [1.82, 2.24) is 40.4 Å². The molecule has 0 unspecified atom stereocenters. The molecule has 1 N–H and O–H groups in total. The number of hydrogen-bond acceptors (Lipinski definition) is 10. The van der Waals surface area contributed by atoms with Gasteiger partial charge >= 0.3 is 6.01 Å². The highest BCUT2D eigenvalue weighted by atomic mass is 131. The third-order valence-corrected chi connectivity index (χ3v) is 10.6. The van der Waals surface area contributed by atoms with E-state index in [1.54, 1.807) is 4.90 Å². The Hall–Kier alpha value is -4.36. The fourth-order valence-electron chi connectivity index (χ4n) is 7.26. The van der Waals surface area contributed by atoms with Crippen LogP contribution in [0.2, 0.25) is 0 Å². The molecule has 0 radical (unpaired) electrons. The summed E-state index contributed by atoms with van der Waals surface area (Å²) in [5.74, 6) is 1.42. The van der Waals surface area contributed by atoms with Crippen LogP contribution >= 0.6 is 22.6 Å². The molecule has 7 rings (SSSR count). The van der Waals surface area contributed by atoms with E-state index in [1.165, 1.54) is 26.1 Å². The summed E-state index contributed by atoms with van der Waals surface area (Å²) in [5, 5.41) is 16.9. The van der Waals surface area contributed by atoms with Crippen LogP contribution in [0.25, 0.3) is 15.6 Å². The number of nitrogens with zero attached hydrogens (tertiary/aromatic N) is 10. The van der Waals surface area contributed by atoms with Gasteiger partial charge in [-0.25, -0.2) is 6.57 Å².